The van der Waals surface area contributed by atoms with Gasteiger partial charge in [-0.05, 0) is 13.0 Å². The van der Waals surface area contributed by atoms with Crippen LogP contribution in [-0.2, 0) is 16.6 Å². The molecule has 7 heteroatoms. The molecular formula is C13H23N3O3S. The summed E-state index contributed by atoms with van der Waals surface area (Å²) in [5.74, 6) is 0.939. The summed E-state index contributed by atoms with van der Waals surface area (Å²) in [6.45, 7) is 6.51. The number of sulfonamides is 1. The summed E-state index contributed by atoms with van der Waals surface area (Å²) in [6, 6.07) is 1.82. The molecule has 0 unspecified atom stereocenters. The standard InChI is InChI=1S/C13H23N3O3S/c1-12-13(3-9-19-12)11-15(2)20(17,18)10-8-16-6-4-14-5-7-16/h3,9,14H,4-8,10-11H2,1-2H3. The van der Waals surface area contributed by atoms with Crippen LogP contribution < -0.4 is 5.32 Å². The molecule has 0 spiro atoms. The van der Waals surface area contributed by atoms with Gasteiger partial charge in [-0.3, -0.25) is 4.90 Å². The Labute approximate surface area is 120 Å². The van der Waals surface area contributed by atoms with E-state index in [1.165, 1.54) is 4.31 Å². The van der Waals surface area contributed by atoms with Crippen molar-refractivity contribution in [3.05, 3.63) is 23.7 Å². The van der Waals surface area contributed by atoms with Gasteiger partial charge in [0.25, 0.3) is 0 Å². The van der Waals surface area contributed by atoms with Crippen molar-refractivity contribution in [2.75, 3.05) is 45.5 Å². The molecule has 1 aliphatic rings. The van der Waals surface area contributed by atoms with Crippen molar-refractivity contribution in [2.45, 2.75) is 13.5 Å². The largest absolute Gasteiger partial charge is 0.469 e. The van der Waals surface area contributed by atoms with Crippen LogP contribution in [-0.4, -0.2) is 63.1 Å². The van der Waals surface area contributed by atoms with Gasteiger partial charge in [0.15, 0.2) is 0 Å². The number of rotatable bonds is 6. The predicted molar refractivity (Wildman–Crippen MR) is 78.0 cm³/mol. The van der Waals surface area contributed by atoms with E-state index in [2.05, 4.69) is 10.2 Å². The Bertz CT molecular complexity index is 521. The second-order valence-electron chi connectivity index (χ2n) is 5.17. The highest BCUT2D eigenvalue weighted by Crippen LogP contribution is 2.13. The van der Waals surface area contributed by atoms with Crippen molar-refractivity contribution in [1.82, 2.24) is 14.5 Å². The molecule has 1 aromatic rings. The van der Waals surface area contributed by atoms with Gasteiger partial charge in [0.2, 0.25) is 10.0 Å². The van der Waals surface area contributed by atoms with Crippen LogP contribution in [0.4, 0.5) is 0 Å². The molecule has 1 aliphatic heterocycles. The minimum absolute atomic E-state index is 0.167. The lowest BCUT2D eigenvalue weighted by atomic mass is 10.3. The zero-order valence-electron chi connectivity index (χ0n) is 12.1. The number of nitrogens with one attached hydrogen (secondary N) is 1. The molecular weight excluding hydrogens is 278 g/mol. The maximum absolute atomic E-state index is 12.3. The van der Waals surface area contributed by atoms with Crippen LogP contribution in [0.2, 0.25) is 0 Å². The molecule has 0 saturated carbocycles. The number of nitrogens with zero attached hydrogens (tertiary/aromatic N) is 2. The molecule has 0 bridgehead atoms. The summed E-state index contributed by atoms with van der Waals surface area (Å²) in [6.07, 6.45) is 1.59. The first-order chi connectivity index (χ1) is 9.49. The average Bonchev–Trinajstić information content (AvgIpc) is 2.83. The van der Waals surface area contributed by atoms with E-state index >= 15 is 0 Å². The minimum Gasteiger partial charge on any atom is -0.469 e. The average molecular weight is 301 g/mol. The fourth-order valence-corrected chi connectivity index (χ4v) is 3.38. The van der Waals surface area contributed by atoms with Gasteiger partial charge in [-0.1, -0.05) is 0 Å². The second-order valence-corrected chi connectivity index (χ2v) is 7.36. The Morgan fingerprint density at radius 2 is 2.10 bits per heavy atom. The first-order valence-corrected chi connectivity index (χ1v) is 8.50. The summed E-state index contributed by atoms with van der Waals surface area (Å²) < 4.78 is 31.1. The van der Waals surface area contributed by atoms with E-state index < -0.39 is 10.0 Å². The van der Waals surface area contributed by atoms with Crippen molar-refractivity contribution in [1.29, 1.82) is 0 Å². The fourth-order valence-electron chi connectivity index (χ4n) is 2.25. The topological polar surface area (TPSA) is 65.8 Å². The van der Waals surface area contributed by atoms with Gasteiger partial charge < -0.3 is 9.73 Å². The summed E-state index contributed by atoms with van der Waals surface area (Å²) >= 11 is 0. The Morgan fingerprint density at radius 1 is 1.40 bits per heavy atom. The molecule has 2 heterocycles. The predicted octanol–water partition coefficient (Wildman–Crippen LogP) is 0.255. The Kier molecular flexibility index (Phi) is 5.20. The van der Waals surface area contributed by atoms with Gasteiger partial charge in [-0.2, -0.15) is 0 Å². The van der Waals surface area contributed by atoms with Gasteiger partial charge in [-0.15, -0.1) is 0 Å². The molecule has 0 aliphatic carbocycles. The van der Waals surface area contributed by atoms with Gasteiger partial charge in [0.05, 0.1) is 12.0 Å². The second kappa shape index (κ2) is 6.71. The molecule has 1 fully saturated rings. The molecule has 6 nitrogen and oxygen atoms in total. The van der Waals surface area contributed by atoms with Gasteiger partial charge in [-0.25, -0.2) is 12.7 Å². The molecule has 1 aromatic heterocycles. The molecule has 1 N–H and O–H groups in total. The zero-order chi connectivity index (χ0) is 14.6. The van der Waals surface area contributed by atoms with E-state index in [-0.39, 0.29) is 5.75 Å². The van der Waals surface area contributed by atoms with Crippen LogP contribution in [0, 0.1) is 6.92 Å². The molecule has 0 atom stereocenters. The highest BCUT2D eigenvalue weighted by molar-refractivity contribution is 7.89. The first-order valence-electron chi connectivity index (χ1n) is 6.89. The number of piperazine rings is 1. The highest BCUT2D eigenvalue weighted by atomic mass is 32.2. The van der Waals surface area contributed by atoms with E-state index in [9.17, 15) is 8.42 Å². The molecule has 1 saturated heterocycles. The number of aryl methyl sites for hydroxylation is 1. The molecule has 2 rings (SSSR count). The van der Waals surface area contributed by atoms with Gasteiger partial charge >= 0.3 is 0 Å². The third kappa shape index (κ3) is 4.05. The van der Waals surface area contributed by atoms with Gasteiger partial charge in [0, 0.05) is 51.9 Å². The van der Waals surface area contributed by atoms with Crippen LogP contribution in [0.5, 0.6) is 0 Å². The molecule has 0 aromatic carbocycles. The fraction of sp³-hybridized carbons (Fsp3) is 0.692. The monoisotopic (exact) mass is 301 g/mol. The zero-order valence-corrected chi connectivity index (χ0v) is 12.9. The molecule has 0 amide bonds. The van der Waals surface area contributed by atoms with Crippen molar-refractivity contribution in [2.24, 2.45) is 0 Å². The number of hydrogen-bond donors (Lipinski definition) is 1. The number of furan rings is 1. The maximum atomic E-state index is 12.3. The van der Waals surface area contributed by atoms with Crippen molar-refractivity contribution < 1.29 is 12.8 Å². The van der Waals surface area contributed by atoms with Crippen LogP contribution in [0.25, 0.3) is 0 Å². The van der Waals surface area contributed by atoms with Crippen LogP contribution in [0.3, 0.4) is 0 Å². The third-order valence-electron chi connectivity index (χ3n) is 3.71. The van der Waals surface area contributed by atoms with Gasteiger partial charge in [0.1, 0.15) is 5.76 Å². The Morgan fingerprint density at radius 3 is 2.70 bits per heavy atom. The lowest BCUT2D eigenvalue weighted by molar-refractivity contribution is 0.252. The molecule has 114 valence electrons. The first kappa shape index (κ1) is 15.5. The lowest BCUT2D eigenvalue weighted by Crippen LogP contribution is -2.46. The van der Waals surface area contributed by atoms with E-state index in [0.29, 0.717) is 13.1 Å². The van der Waals surface area contributed by atoms with E-state index in [1.54, 1.807) is 13.3 Å². The summed E-state index contributed by atoms with van der Waals surface area (Å²) in [7, 11) is -1.60. The summed E-state index contributed by atoms with van der Waals surface area (Å²) in [4.78, 5) is 2.19. The molecule has 0 radical (unpaired) electrons. The summed E-state index contributed by atoms with van der Waals surface area (Å²) in [5.41, 5.74) is 0.915. The smallest absolute Gasteiger partial charge is 0.215 e. The summed E-state index contributed by atoms with van der Waals surface area (Å²) in [5, 5.41) is 3.26. The molecule has 20 heavy (non-hydrogen) atoms. The van der Waals surface area contributed by atoms with E-state index in [1.807, 2.05) is 13.0 Å². The van der Waals surface area contributed by atoms with Crippen LogP contribution >= 0.6 is 0 Å². The van der Waals surface area contributed by atoms with Crippen LogP contribution in [0.1, 0.15) is 11.3 Å². The maximum Gasteiger partial charge on any atom is 0.215 e. The quantitative estimate of drug-likeness (QED) is 0.816. The normalized spacial score (nSPS) is 17.8. The van der Waals surface area contributed by atoms with Crippen LogP contribution in [0.15, 0.2) is 16.7 Å². The highest BCUT2D eigenvalue weighted by Gasteiger charge is 2.21. The SMILES string of the molecule is Cc1occc1CN(C)S(=O)(=O)CCN1CCNCC1. The van der Waals surface area contributed by atoms with Crippen molar-refractivity contribution >= 4 is 10.0 Å². The Hall–Kier alpha value is -0.890. The third-order valence-corrected chi connectivity index (χ3v) is 5.49. The Balaban J connectivity index is 1.87. The van der Waals surface area contributed by atoms with Crippen molar-refractivity contribution in [3.8, 4) is 0 Å². The van der Waals surface area contributed by atoms with E-state index in [4.69, 9.17) is 4.42 Å². The van der Waals surface area contributed by atoms with Crippen molar-refractivity contribution in [3.63, 3.8) is 0 Å². The number of hydrogen-bond acceptors (Lipinski definition) is 5. The minimum atomic E-state index is -3.22. The van der Waals surface area contributed by atoms with E-state index in [0.717, 1.165) is 37.5 Å². The lowest BCUT2D eigenvalue weighted by Gasteiger charge is -2.27.